The van der Waals surface area contributed by atoms with Crippen LogP contribution in [0.15, 0.2) is 71.3 Å². The molecule has 4 rings (SSSR count). The summed E-state index contributed by atoms with van der Waals surface area (Å²) in [5, 5.41) is 12.3. The summed E-state index contributed by atoms with van der Waals surface area (Å²) in [5.74, 6) is 1.67. The Morgan fingerprint density at radius 3 is 2.65 bits per heavy atom. The van der Waals surface area contributed by atoms with Gasteiger partial charge in [0.25, 0.3) is 0 Å². The number of aromatic nitrogens is 4. The fourth-order valence-electron chi connectivity index (χ4n) is 2.57. The van der Waals surface area contributed by atoms with Crippen molar-refractivity contribution in [2.24, 2.45) is 0 Å². The molecular weight excluding hydrogens is 384 g/mol. The van der Waals surface area contributed by atoms with E-state index in [2.05, 4.69) is 55.5 Å². The Morgan fingerprint density at radius 1 is 1.00 bits per heavy atom. The van der Waals surface area contributed by atoms with Gasteiger partial charge < -0.3 is 0 Å². The van der Waals surface area contributed by atoms with E-state index in [-0.39, 0.29) is 0 Å². The highest BCUT2D eigenvalue weighted by molar-refractivity contribution is 7.98. The highest BCUT2D eigenvalue weighted by atomic mass is 35.5. The van der Waals surface area contributed by atoms with Crippen LogP contribution in [0.25, 0.3) is 10.7 Å². The lowest BCUT2D eigenvalue weighted by Gasteiger charge is -2.09. The number of benzene rings is 1. The number of thiophene rings is 1. The van der Waals surface area contributed by atoms with Crippen molar-refractivity contribution < 1.29 is 0 Å². The van der Waals surface area contributed by atoms with Gasteiger partial charge >= 0.3 is 0 Å². The summed E-state index contributed by atoms with van der Waals surface area (Å²) >= 11 is 9.31. The Kier molecular flexibility index (Phi) is 5.34. The number of hydrogen-bond donors (Lipinski definition) is 0. The van der Waals surface area contributed by atoms with E-state index < -0.39 is 0 Å². The summed E-state index contributed by atoms with van der Waals surface area (Å²) in [6.07, 6.45) is 1.73. The zero-order chi connectivity index (χ0) is 17.8. The van der Waals surface area contributed by atoms with Crippen molar-refractivity contribution in [3.05, 3.63) is 82.5 Å². The first-order valence-electron chi connectivity index (χ1n) is 8.04. The third-order valence-electron chi connectivity index (χ3n) is 3.80. The lowest BCUT2D eigenvalue weighted by atomic mass is 10.2. The molecule has 4 aromatic rings. The van der Waals surface area contributed by atoms with Crippen LogP contribution >= 0.6 is 34.7 Å². The van der Waals surface area contributed by atoms with E-state index in [4.69, 9.17) is 11.6 Å². The molecule has 0 radical (unpaired) electrons. The number of pyridine rings is 1. The summed E-state index contributed by atoms with van der Waals surface area (Å²) in [4.78, 5) is 5.15. The van der Waals surface area contributed by atoms with Gasteiger partial charge in [-0.15, -0.1) is 21.5 Å². The molecule has 7 heteroatoms. The minimum atomic E-state index is 0.508. The van der Waals surface area contributed by atoms with E-state index in [0.29, 0.717) is 5.15 Å². The largest absolute Gasteiger partial charge is 0.297 e. The van der Waals surface area contributed by atoms with Crippen LogP contribution in [0.5, 0.6) is 0 Å². The van der Waals surface area contributed by atoms with Crippen LogP contribution in [0, 0.1) is 0 Å². The van der Waals surface area contributed by atoms with Gasteiger partial charge in [-0.1, -0.05) is 59.8 Å². The molecule has 0 saturated carbocycles. The number of hydrogen-bond acceptors (Lipinski definition) is 5. The molecule has 0 aliphatic rings. The molecule has 0 fully saturated rings. The predicted octanol–water partition coefficient (Wildman–Crippen LogP) is 5.40. The zero-order valence-electron chi connectivity index (χ0n) is 13.7. The average Bonchev–Trinajstić information content (AvgIpc) is 3.31. The first-order chi connectivity index (χ1) is 12.8. The van der Waals surface area contributed by atoms with Crippen LogP contribution < -0.4 is 0 Å². The van der Waals surface area contributed by atoms with E-state index in [0.717, 1.165) is 33.7 Å². The summed E-state index contributed by atoms with van der Waals surface area (Å²) < 4.78 is 2.18. The Bertz CT molecular complexity index is 984. The third-order valence-corrected chi connectivity index (χ3v) is 5.91. The van der Waals surface area contributed by atoms with Crippen LogP contribution in [0.4, 0.5) is 0 Å². The number of halogens is 1. The SMILES string of the molecule is Clc1cc(CSc2nnc(-c3cccs3)n2Cc2ccccc2)ccn1. The number of rotatable bonds is 6. The summed E-state index contributed by atoms with van der Waals surface area (Å²) in [7, 11) is 0. The van der Waals surface area contributed by atoms with Gasteiger partial charge in [0, 0.05) is 11.9 Å². The normalized spacial score (nSPS) is 11.0. The standard InChI is InChI=1S/C19H15ClN4S2/c20-17-11-15(8-9-21-17)13-26-19-23-22-18(16-7-4-10-25-16)24(19)12-14-5-2-1-3-6-14/h1-11H,12-13H2. The molecule has 0 aliphatic heterocycles. The van der Waals surface area contributed by atoms with Gasteiger partial charge in [-0.3, -0.25) is 4.57 Å². The minimum Gasteiger partial charge on any atom is -0.297 e. The second kappa shape index (κ2) is 8.03. The lowest BCUT2D eigenvalue weighted by Crippen LogP contribution is -2.03. The topological polar surface area (TPSA) is 43.6 Å². The molecule has 0 amide bonds. The first kappa shape index (κ1) is 17.3. The molecular formula is C19H15ClN4S2. The van der Waals surface area contributed by atoms with Crippen molar-refractivity contribution in [2.45, 2.75) is 17.5 Å². The monoisotopic (exact) mass is 398 g/mol. The molecule has 0 unspecified atom stereocenters. The summed E-state index contributed by atoms with van der Waals surface area (Å²) in [6, 6.07) is 18.3. The number of nitrogens with zero attached hydrogens (tertiary/aromatic N) is 4. The molecule has 0 spiro atoms. The number of thioether (sulfide) groups is 1. The zero-order valence-corrected chi connectivity index (χ0v) is 16.1. The van der Waals surface area contributed by atoms with Crippen LogP contribution in [0.2, 0.25) is 5.15 Å². The first-order valence-corrected chi connectivity index (χ1v) is 10.3. The summed E-state index contributed by atoms with van der Waals surface area (Å²) in [5.41, 5.74) is 2.33. The Balaban J connectivity index is 1.63. The van der Waals surface area contributed by atoms with E-state index in [1.165, 1.54) is 5.56 Å². The molecule has 1 aromatic carbocycles. The van der Waals surface area contributed by atoms with E-state index >= 15 is 0 Å². The molecule has 0 atom stereocenters. The van der Waals surface area contributed by atoms with Crippen molar-refractivity contribution in [3.63, 3.8) is 0 Å². The van der Waals surface area contributed by atoms with Gasteiger partial charge in [0.2, 0.25) is 0 Å². The van der Waals surface area contributed by atoms with Crippen molar-refractivity contribution in [2.75, 3.05) is 0 Å². The van der Waals surface area contributed by atoms with Crippen LogP contribution in [0.1, 0.15) is 11.1 Å². The van der Waals surface area contributed by atoms with Gasteiger partial charge in [0.05, 0.1) is 11.4 Å². The van der Waals surface area contributed by atoms with Crippen LogP contribution in [-0.4, -0.2) is 19.7 Å². The maximum atomic E-state index is 5.98. The highest BCUT2D eigenvalue weighted by Crippen LogP contribution is 2.29. The van der Waals surface area contributed by atoms with Gasteiger partial charge in [0.15, 0.2) is 11.0 Å². The van der Waals surface area contributed by atoms with E-state index in [9.17, 15) is 0 Å². The van der Waals surface area contributed by atoms with E-state index in [1.54, 1.807) is 29.3 Å². The lowest BCUT2D eigenvalue weighted by molar-refractivity contribution is 0.715. The Hall–Kier alpha value is -2.15. The van der Waals surface area contributed by atoms with Crippen molar-refractivity contribution in [1.82, 2.24) is 19.7 Å². The molecule has 130 valence electrons. The van der Waals surface area contributed by atoms with Gasteiger partial charge in [0.1, 0.15) is 5.15 Å². The van der Waals surface area contributed by atoms with Gasteiger partial charge in [-0.05, 0) is 34.7 Å². The second-order valence-corrected chi connectivity index (χ2v) is 7.91. The maximum absolute atomic E-state index is 5.98. The fraction of sp³-hybridized carbons (Fsp3) is 0.105. The summed E-state index contributed by atoms with van der Waals surface area (Å²) in [6.45, 7) is 0.737. The van der Waals surface area contributed by atoms with E-state index in [1.807, 2.05) is 24.3 Å². The maximum Gasteiger partial charge on any atom is 0.192 e. The molecule has 4 nitrogen and oxygen atoms in total. The third kappa shape index (κ3) is 3.98. The molecule has 3 heterocycles. The van der Waals surface area contributed by atoms with Crippen LogP contribution in [-0.2, 0) is 12.3 Å². The quantitative estimate of drug-likeness (QED) is 0.322. The smallest absolute Gasteiger partial charge is 0.192 e. The second-order valence-electron chi connectivity index (χ2n) is 5.63. The van der Waals surface area contributed by atoms with Gasteiger partial charge in [-0.2, -0.15) is 0 Å². The molecule has 0 aliphatic carbocycles. The minimum absolute atomic E-state index is 0.508. The average molecular weight is 399 g/mol. The molecule has 0 N–H and O–H groups in total. The molecule has 0 saturated heterocycles. The molecule has 3 aromatic heterocycles. The van der Waals surface area contributed by atoms with Crippen molar-refractivity contribution in [1.29, 1.82) is 0 Å². The van der Waals surface area contributed by atoms with Crippen molar-refractivity contribution >= 4 is 34.7 Å². The Labute approximate surface area is 164 Å². The van der Waals surface area contributed by atoms with Gasteiger partial charge in [-0.25, -0.2) is 4.98 Å². The fourth-order valence-corrected chi connectivity index (χ4v) is 4.37. The Morgan fingerprint density at radius 2 is 1.88 bits per heavy atom. The highest BCUT2D eigenvalue weighted by Gasteiger charge is 2.15. The predicted molar refractivity (Wildman–Crippen MR) is 108 cm³/mol. The molecule has 26 heavy (non-hydrogen) atoms. The van der Waals surface area contributed by atoms with Crippen molar-refractivity contribution in [3.8, 4) is 10.7 Å². The molecule has 0 bridgehead atoms. The van der Waals surface area contributed by atoms with Crippen LogP contribution in [0.3, 0.4) is 0 Å².